The van der Waals surface area contributed by atoms with Crippen LogP contribution in [0.1, 0.15) is 39.2 Å². The fourth-order valence-corrected chi connectivity index (χ4v) is 3.36. The average Bonchev–Trinajstić information content (AvgIpc) is 2.67. The standard InChI is InChI=1S/C22H36FN5O/c1-6-24-21(25-16-22(2,3)17-8-7-9-18(23)14-17)26-19-10-12-28(13-11-19)15-20(29)27(4)5/h7-9,14,19H,6,10-13,15-16H2,1-5H3,(H2,24,25,26). The molecule has 1 aliphatic rings. The Bertz CT molecular complexity index is 696. The molecule has 0 aliphatic carbocycles. The highest BCUT2D eigenvalue weighted by Crippen LogP contribution is 2.24. The van der Waals surface area contributed by atoms with E-state index >= 15 is 0 Å². The molecule has 1 fully saturated rings. The second-order valence-corrected chi connectivity index (χ2v) is 8.57. The Morgan fingerprint density at radius 1 is 1.31 bits per heavy atom. The SMILES string of the molecule is CCNC(=NCC(C)(C)c1cccc(F)c1)NC1CCN(CC(=O)N(C)C)CC1. The number of piperidine rings is 1. The lowest BCUT2D eigenvalue weighted by atomic mass is 9.85. The van der Waals surface area contributed by atoms with Crippen molar-refractivity contribution in [3.05, 3.63) is 35.6 Å². The maximum atomic E-state index is 13.6. The molecule has 0 unspecified atom stereocenters. The van der Waals surface area contributed by atoms with Gasteiger partial charge in [0.25, 0.3) is 0 Å². The number of carbonyl (C=O) groups is 1. The molecule has 7 heteroatoms. The molecule has 0 radical (unpaired) electrons. The summed E-state index contributed by atoms with van der Waals surface area (Å²) in [6, 6.07) is 7.07. The molecular weight excluding hydrogens is 369 g/mol. The molecule has 2 N–H and O–H groups in total. The van der Waals surface area contributed by atoms with Crippen LogP contribution in [0.4, 0.5) is 4.39 Å². The zero-order valence-electron chi connectivity index (χ0n) is 18.5. The highest BCUT2D eigenvalue weighted by molar-refractivity contribution is 5.80. The van der Waals surface area contributed by atoms with Gasteiger partial charge in [0, 0.05) is 45.2 Å². The first-order valence-electron chi connectivity index (χ1n) is 10.4. The van der Waals surface area contributed by atoms with Crippen LogP contribution >= 0.6 is 0 Å². The van der Waals surface area contributed by atoms with E-state index in [2.05, 4.69) is 29.4 Å². The van der Waals surface area contributed by atoms with Gasteiger partial charge in [0.2, 0.25) is 5.91 Å². The molecule has 29 heavy (non-hydrogen) atoms. The summed E-state index contributed by atoms with van der Waals surface area (Å²) in [5.41, 5.74) is 0.677. The van der Waals surface area contributed by atoms with Gasteiger partial charge in [-0.3, -0.25) is 14.7 Å². The van der Waals surface area contributed by atoms with Gasteiger partial charge in [0.05, 0.1) is 13.1 Å². The van der Waals surface area contributed by atoms with Crippen LogP contribution in [0.5, 0.6) is 0 Å². The third-order valence-electron chi connectivity index (χ3n) is 5.37. The normalized spacial score (nSPS) is 16.6. The van der Waals surface area contributed by atoms with E-state index in [0.29, 0.717) is 19.1 Å². The van der Waals surface area contributed by atoms with Gasteiger partial charge in [0.15, 0.2) is 5.96 Å². The van der Waals surface area contributed by atoms with Crippen molar-refractivity contribution in [3.63, 3.8) is 0 Å². The number of hydrogen-bond donors (Lipinski definition) is 2. The number of nitrogens with one attached hydrogen (secondary N) is 2. The predicted molar refractivity (Wildman–Crippen MR) is 117 cm³/mol. The number of aliphatic imine (C=N–C) groups is 1. The highest BCUT2D eigenvalue weighted by atomic mass is 19.1. The molecule has 1 aromatic rings. The van der Waals surface area contributed by atoms with Crippen LogP contribution in [0.3, 0.4) is 0 Å². The minimum Gasteiger partial charge on any atom is -0.357 e. The maximum absolute atomic E-state index is 13.6. The van der Waals surface area contributed by atoms with Gasteiger partial charge in [-0.25, -0.2) is 4.39 Å². The molecule has 0 bridgehead atoms. The molecule has 2 rings (SSSR count). The third-order valence-corrected chi connectivity index (χ3v) is 5.37. The molecule has 1 amide bonds. The second kappa shape index (κ2) is 10.6. The second-order valence-electron chi connectivity index (χ2n) is 8.57. The Hall–Kier alpha value is -2.15. The number of amides is 1. The zero-order chi connectivity index (χ0) is 21.4. The Balaban J connectivity index is 1.92. The van der Waals surface area contributed by atoms with Crippen molar-refractivity contribution >= 4 is 11.9 Å². The zero-order valence-corrected chi connectivity index (χ0v) is 18.5. The lowest BCUT2D eigenvalue weighted by molar-refractivity contribution is -0.130. The number of guanidine groups is 1. The topological polar surface area (TPSA) is 60.0 Å². The van der Waals surface area contributed by atoms with Gasteiger partial charge in [-0.05, 0) is 37.5 Å². The molecular formula is C22H36FN5O. The summed E-state index contributed by atoms with van der Waals surface area (Å²) in [5.74, 6) is 0.717. The third kappa shape index (κ3) is 7.31. The van der Waals surface area contributed by atoms with E-state index < -0.39 is 0 Å². The van der Waals surface area contributed by atoms with Gasteiger partial charge >= 0.3 is 0 Å². The Morgan fingerprint density at radius 3 is 2.59 bits per heavy atom. The Morgan fingerprint density at radius 2 is 2.00 bits per heavy atom. The molecule has 0 aromatic heterocycles. The van der Waals surface area contributed by atoms with Crippen molar-refractivity contribution in [2.75, 3.05) is 46.8 Å². The molecule has 1 aliphatic heterocycles. The van der Waals surface area contributed by atoms with Gasteiger partial charge in [-0.2, -0.15) is 0 Å². The van der Waals surface area contributed by atoms with Crippen LogP contribution in [-0.4, -0.2) is 74.5 Å². The van der Waals surface area contributed by atoms with Crippen LogP contribution in [0, 0.1) is 5.82 Å². The fourth-order valence-electron chi connectivity index (χ4n) is 3.36. The first-order valence-corrected chi connectivity index (χ1v) is 10.4. The van der Waals surface area contributed by atoms with E-state index in [9.17, 15) is 9.18 Å². The van der Waals surface area contributed by atoms with Crippen molar-refractivity contribution in [3.8, 4) is 0 Å². The van der Waals surface area contributed by atoms with Crippen molar-refractivity contribution in [2.24, 2.45) is 4.99 Å². The molecule has 1 heterocycles. The van der Waals surface area contributed by atoms with E-state index in [0.717, 1.165) is 44.0 Å². The molecule has 1 aromatic carbocycles. The Labute approximate surface area is 174 Å². The summed E-state index contributed by atoms with van der Waals surface area (Å²) >= 11 is 0. The minimum atomic E-state index is -0.264. The minimum absolute atomic E-state index is 0.144. The number of benzene rings is 1. The summed E-state index contributed by atoms with van der Waals surface area (Å²) in [6.45, 7) is 9.81. The average molecular weight is 406 g/mol. The smallest absolute Gasteiger partial charge is 0.236 e. The lowest BCUT2D eigenvalue weighted by Crippen LogP contribution is -2.50. The molecule has 0 spiro atoms. The first kappa shape index (κ1) is 23.1. The molecule has 6 nitrogen and oxygen atoms in total. The first-order chi connectivity index (χ1) is 13.7. The van der Waals surface area contributed by atoms with Crippen LogP contribution in [0.25, 0.3) is 0 Å². The summed E-state index contributed by atoms with van der Waals surface area (Å²) in [4.78, 5) is 20.5. The maximum Gasteiger partial charge on any atom is 0.236 e. The number of carbonyl (C=O) groups excluding carboxylic acids is 1. The predicted octanol–water partition coefficient (Wildman–Crippen LogP) is 2.21. The van der Waals surface area contributed by atoms with Gasteiger partial charge in [-0.1, -0.05) is 26.0 Å². The summed E-state index contributed by atoms with van der Waals surface area (Å²) in [6.07, 6.45) is 1.94. The van der Waals surface area contributed by atoms with Gasteiger partial charge in [-0.15, -0.1) is 0 Å². The number of halogens is 1. The van der Waals surface area contributed by atoms with Crippen molar-refractivity contribution in [2.45, 2.75) is 45.1 Å². The summed E-state index contributed by atoms with van der Waals surface area (Å²) < 4.78 is 13.6. The molecule has 0 atom stereocenters. The number of nitrogens with zero attached hydrogens (tertiary/aromatic N) is 3. The fraction of sp³-hybridized carbons (Fsp3) is 0.636. The van der Waals surface area contributed by atoms with Crippen LogP contribution in [0.15, 0.2) is 29.3 Å². The Kier molecular flexibility index (Phi) is 8.44. The van der Waals surface area contributed by atoms with E-state index in [4.69, 9.17) is 4.99 Å². The highest BCUT2D eigenvalue weighted by Gasteiger charge is 2.24. The van der Waals surface area contributed by atoms with Crippen molar-refractivity contribution in [1.82, 2.24) is 20.4 Å². The molecule has 0 saturated carbocycles. The van der Waals surface area contributed by atoms with Crippen molar-refractivity contribution in [1.29, 1.82) is 0 Å². The van der Waals surface area contributed by atoms with E-state index in [1.165, 1.54) is 6.07 Å². The number of hydrogen-bond acceptors (Lipinski definition) is 3. The quantitative estimate of drug-likeness (QED) is 0.539. The van der Waals surface area contributed by atoms with Gasteiger partial charge in [0.1, 0.15) is 5.82 Å². The summed E-state index contributed by atoms with van der Waals surface area (Å²) in [7, 11) is 3.59. The molecule has 1 saturated heterocycles. The van der Waals surface area contributed by atoms with E-state index in [-0.39, 0.29) is 17.1 Å². The number of likely N-dealkylation sites (tertiary alicyclic amines) is 1. The monoisotopic (exact) mass is 405 g/mol. The lowest BCUT2D eigenvalue weighted by Gasteiger charge is -2.33. The van der Waals surface area contributed by atoms with E-state index in [1.807, 2.05) is 13.0 Å². The van der Waals surface area contributed by atoms with Crippen LogP contribution in [0.2, 0.25) is 0 Å². The number of rotatable bonds is 7. The summed E-state index contributed by atoms with van der Waals surface area (Å²) in [5, 5.41) is 6.85. The van der Waals surface area contributed by atoms with Crippen LogP contribution in [-0.2, 0) is 10.2 Å². The van der Waals surface area contributed by atoms with Gasteiger partial charge < -0.3 is 15.5 Å². The van der Waals surface area contributed by atoms with Crippen molar-refractivity contribution < 1.29 is 9.18 Å². The largest absolute Gasteiger partial charge is 0.357 e. The number of likely N-dealkylation sites (N-methyl/N-ethyl adjacent to an activating group) is 1. The van der Waals surface area contributed by atoms with E-state index in [1.54, 1.807) is 31.1 Å². The molecule has 162 valence electrons. The van der Waals surface area contributed by atoms with Crippen LogP contribution < -0.4 is 10.6 Å².